The zero-order chi connectivity index (χ0) is 24.4. The first-order valence-corrected chi connectivity index (χ1v) is 11.3. The van der Waals surface area contributed by atoms with Gasteiger partial charge in [0.15, 0.2) is 0 Å². The number of benzene rings is 1. The Labute approximate surface area is 203 Å². The molecule has 1 heterocycles. The summed E-state index contributed by atoms with van der Waals surface area (Å²) in [6.45, 7) is 0. The highest BCUT2D eigenvalue weighted by atomic mass is 35.5. The SMILES string of the molecule is O=C(O)CC(Nc1c(NC2CCC2)c(=O)c1=O)c1ccc(NC(=O)c2c(Cl)cncc2Cl)cc1. The van der Waals surface area contributed by atoms with Crippen LogP contribution in [0.25, 0.3) is 0 Å². The molecule has 2 aromatic carbocycles. The molecule has 1 atom stereocenters. The summed E-state index contributed by atoms with van der Waals surface area (Å²) in [7, 11) is 0. The molecule has 4 N–H and O–H groups in total. The summed E-state index contributed by atoms with van der Waals surface area (Å²) in [4.78, 5) is 52.0. The Kier molecular flexibility index (Phi) is 6.85. The van der Waals surface area contributed by atoms with Crippen molar-refractivity contribution in [3.05, 3.63) is 78.3 Å². The third-order valence-corrected chi connectivity index (χ3v) is 6.29. The highest BCUT2D eigenvalue weighted by Gasteiger charge is 2.28. The molecule has 1 aliphatic carbocycles. The summed E-state index contributed by atoms with van der Waals surface area (Å²) in [5.74, 6) is -1.61. The van der Waals surface area contributed by atoms with Crippen LogP contribution in [0, 0.1) is 0 Å². The number of carboxylic acids is 1. The number of halogens is 2. The molecule has 3 aromatic rings. The molecule has 11 heteroatoms. The zero-order valence-corrected chi connectivity index (χ0v) is 19.2. The van der Waals surface area contributed by atoms with Crippen molar-refractivity contribution in [2.75, 3.05) is 16.0 Å². The first kappa shape index (κ1) is 23.7. The number of nitrogens with zero attached hydrogens (tertiary/aromatic N) is 1. The van der Waals surface area contributed by atoms with E-state index >= 15 is 0 Å². The summed E-state index contributed by atoms with van der Waals surface area (Å²) < 4.78 is 0. The summed E-state index contributed by atoms with van der Waals surface area (Å²) in [6, 6.07) is 5.79. The van der Waals surface area contributed by atoms with Crippen LogP contribution in [0.5, 0.6) is 0 Å². The van der Waals surface area contributed by atoms with Gasteiger partial charge < -0.3 is 21.1 Å². The van der Waals surface area contributed by atoms with Crippen molar-refractivity contribution >= 4 is 52.1 Å². The Morgan fingerprint density at radius 1 is 1.03 bits per heavy atom. The van der Waals surface area contributed by atoms with Gasteiger partial charge in [-0.25, -0.2) is 0 Å². The summed E-state index contributed by atoms with van der Waals surface area (Å²) in [6.07, 6.45) is 5.18. The van der Waals surface area contributed by atoms with Crippen molar-refractivity contribution in [3.63, 3.8) is 0 Å². The lowest BCUT2D eigenvalue weighted by molar-refractivity contribution is -0.137. The molecule has 1 unspecified atom stereocenters. The van der Waals surface area contributed by atoms with E-state index in [0.29, 0.717) is 11.3 Å². The highest BCUT2D eigenvalue weighted by molar-refractivity contribution is 6.40. The zero-order valence-electron chi connectivity index (χ0n) is 17.7. The second-order valence-corrected chi connectivity index (χ2v) is 8.84. The van der Waals surface area contributed by atoms with E-state index in [0.717, 1.165) is 19.3 Å². The average Bonchev–Trinajstić information content (AvgIpc) is 2.76. The van der Waals surface area contributed by atoms with E-state index < -0.39 is 28.8 Å². The minimum atomic E-state index is -1.08. The molecule has 34 heavy (non-hydrogen) atoms. The van der Waals surface area contributed by atoms with E-state index in [1.807, 2.05) is 0 Å². The van der Waals surface area contributed by atoms with Crippen LogP contribution in [-0.2, 0) is 4.79 Å². The van der Waals surface area contributed by atoms with Gasteiger partial charge in [-0.1, -0.05) is 35.3 Å². The van der Waals surface area contributed by atoms with Gasteiger partial charge in [-0.15, -0.1) is 0 Å². The largest absolute Gasteiger partial charge is 0.481 e. The molecule has 1 aliphatic rings. The number of aliphatic carboxylic acids is 1. The van der Waals surface area contributed by atoms with Crippen molar-refractivity contribution in [1.29, 1.82) is 0 Å². The van der Waals surface area contributed by atoms with Crippen molar-refractivity contribution < 1.29 is 14.7 Å². The van der Waals surface area contributed by atoms with Crippen LogP contribution < -0.4 is 26.8 Å². The Morgan fingerprint density at radius 2 is 1.65 bits per heavy atom. The number of carbonyl (C=O) groups excluding carboxylic acids is 1. The molecule has 0 radical (unpaired) electrons. The van der Waals surface area contributed by atoms with Crippen LogP contribution in [0.1, 0.15) is 47.6 Å². The number of anilines is 3. The molecule has 0 spiro atoms. The molecule has 9 nitrogen and oxygen atoms in total. The fraction of sp³-hybridized carbons (Fsp3) is 0.261. The van der Waals surface area contributed by atoms with Crippen LogP contribution in [0.3, 0.4) is 0 Å². The summed E-state index contributed by atoms with van der Waals surface area (Å²) >= 11 is 12.0. The van der Waals surface area contributed by atoms with E-state index in [9.17, 15) is 24.3 Å². The quantitative estimate of drug-likeness (QED) is 0.324. The standard InChI is InChI=1S/C23H20Cl2N4O5/c24-14-9-26-10-15(25)18(14)23(34)28-13-6-4-11(5-7-13)16(8-17(30)31)29-20-19(21(32)22(20)33)27-12-2-1-3-12/h4-7,9-10,12,16,27,29H,1-3,8H2,(H,28,34)(H,30,31). The van der Waals surface area contributed by atoms with E-state index in [4.69, 9.17) is 23.2 Å². The lowest BCUT2D eigenvalue weighted by Crippen LogP contribution is -2.41. The molecule has 0 saturated heterocycles. The average molecular weight is 503 g/mol. The number of aromatic nitrogens is 1. The van der Waals surface area contributed by atoms with Gasteiger partial charge in [-0.2, -0.15) is 0 Å². The molecule has 176 valence electrons. The van der Waals surface area contributed by atoms with Crippen molar-refractivity contribution in [2.24, 2.45) is 0 Å². The first-order valence-electron chi connectivity index (χ1n) is 10.5. The number of hydrogen-bond acceptors (Lipinski definition) is 7. The molecule has 0 aliphatic heterocycles. The topological polar surface area (TPSA) is 137 Å². The van der Waals surface area contributed by atoms with Crippen LogP contribution in [0.4, 0.5) is 17.1 Å². The third-order valence-electron chi connectivity index (χ3n) is 5.71. The van der Waals surface area contributed by atoms with Gasteiger partial charge in [0.2, 0.25) is 0 Å². The Hall–Kier alpha value is -3.43. The van der Waals surface area contributed by atoms with Gasteiger partial charge >= 0.3 is 5.97 Å². The maximum atomic E-state index is 12.6. The highest BCUT2D eigenvalue weighted by Crippen LogP contribution is 2.30. The minimum Gasteiger partial charge on any atom is -0.481 e. The minimum absolute atomic E-state index is 0.0828. The van der Waals surface area contributed by atoms with E-state index in [-0.39, 0.29) is 39.4 Å². The normalized spacial score (nSPS) is 14.3. The maximum Gasteiger partial charge on any atom is 0.305 e. The Morgan fingerprint density at radius 3 is 2.21 bits per heavy atom. The predicted molar refractivity (Wildman–Crippen MR) is 130 cm³/mol. The van der Waals surface area contributed by atoms with Gasteiger partial charge in [0.25, 0.3) is 16.8 Å². The van der Waals surface area contributed by atoms with Gasteiger partial charge in [0.05, 0.1) is 28.1 Å². The van der Waals surface area contributed by atoms with E-state index in [1.54, 1.807) is 24.3 Å². The molecule has 1 fully saturated rings. The monoisotopic (exact) mass is 502 g/mol. The number of carboxylic acid groups (broad SMARTS) is 1. The third kappa shape index (κ3) is 4.90. The van der Waals surface area contributed by atoms with Crippen molar-refractivity contribution in [3.8, 4) is 0 Å². The predicted octanol–water partition coefficient (Wildman–Crippen LogP) is 3.83. The van der Waals surface area contributed by atoms with Gasteiger partial charge in [-0.3, -0.25) is 24.2 Å². The molecular weight excluding hydrogens is 483 g/mol. The number of rotatable bonds is 9. The number of hydrogen-bond donors (Lipinski definition) is 4. The van der Waals surface area contributed by atoms with Crippen LogP contribution in [0.2, 0.25) is 10.0 Å². The first-order chi connectivity index (χ1) is 16.2. The molecular formula is C23H20Cl2N4O5. The van der Waals surface area contributed by atoms with Gasteiger partial charge in [0.1, 0.15) is 11.4 Å². The second-order valence-electron chi connectivity index (χ2n) is 8.03. The Bertz CT molecular complexity index is 1290. The molecule has 1 amide bonds. The lowest BCUT2D eigenvalue weighted by Gasteiger charge is -2.30. The fourth-order valence-electron chi connectivity index (χ4n) is 3.65. The molecule has 1 saturated carbocycles. The van der Waals surface area contributed by atoms with Crippen LogP contribution in [-0.4, -0.2) is 28.0 Å². The summed E-state index contributed by atoms with van der Waals surface area (Å²) in [5.41, 5.74) is 0.0976. The number of pyridine rings is 1. The fourth-order valence-corrected chi connectivity index (χ4v) is 4.18. The Balaban J connectivity index is 1.51. The van der Waals surface area contributed by atoms with Gasteiger partial charge in [0, 0.05) is 24.1 Å². The second kappa shape index (κ2) is 9.82. The van der Waals surface area contributed by atoms with Crippen molar-refractivity contribution in [2.45, 2.75) is 37.8 Å². The summed E-state index contributed by atoms with van der Waals surface area (Å²) in [5, 5.41) is 18.2. The smallest absolute Gasteiger partial charge is 0.305 e. The van der Waals surface area contributed by atoms with Crippen LogP contribution >= 0.6 is 23.2 Å². The van der Waals surface area contributed by atoms with Crippen LogP contribution in [0.15, 0.2) is 46.2 Å². The van der Waals surface area contributed by atoms with E-state index in [2.05, 4.69) is 20.9 Å². The molecule has 4 rings (SSSR count). The van der Waals surface area contributed by atoms with Gasteiger partial charge in [-0.05, 0) is 37.0 Å². The number of nitrogens with one attached hydrogen (secondary N) is 3. The van der Waals surface area contributed by atoms with Crippen molar-refractivity contribution in [1.82, 2.24) is 4.98 Å². The molecule has 1 aromatic heterocycles. The maximum absolute atomic E-state index is 12.6. The molecule has 0 bridgehead atoms. The number of amides is 1. The number of carbonyl (C=O) groups is 2. The van der Waals surface area contributed by atoms with E-state index in [1.165, 1.54) is 12.4 Å². The lowest BCUT2D eigenvalue weighted by atomic mass is 9.92.